The van der Waals surface area contributed by atoms with Crippen molar-refractivity contribution in [2.75, 3.05) is 16.5 Å². The van der Waals surface area contributed by atoms with Crippen LogP contribution in [0.25, 0.3) is 61.0 Å². The molecule has 0 saturated carbocycles. The molecule has 350 valence electrons. The van der Waals surface area contributed by atoms with Crippen molar-refractivity contribution in [3.8, 4) is 62.2 Å². The smallest absolute Gasteiger partial charge is 0.141 e. The molecule has 1 aliphatic heterocycles. The van der Waals surface area contributed by atoms with Gasteiger partial charge >= 0.3 is 0 Å². The van der Waals surface area contributed by atoms with Crippen molar-refractivity contribution in [3.63, 3.8) is 0 Å². The molecule has 0 N–H and O–H groups in total. The highest BCUT2D eigenvalue weighted by molar-refractivity contribution is 6.11. The van der Waals surface area contributed by atoms with Crippen molar-refractivity contribution in [1.29, 1.82) is 0 Å². The van der Waals surface area contributed by atoms with E-state index in [9.17, 15) is 0 Å². The van der Waals surface area contributed by atoms with Gasteiger partial charge < -0.3 is 19.3 Å². The molecule has 6 heteroatoms. The Morgan fingerprint density at radius 1 is 0.472 bits per heavy atom. The zero-order valence-electron chi connectivity index (χ0n) is 54.7. The number of hydrogen-bond acceptors (Lipinski definition) is 5. The van der Waals surface area contributed by atoms with E-state index in [1.807, 2.05) is 105 Å². The first-order valence-corrected chi connectivity index (χ1v) is 23.7. The molecule has 11 aromatic rings. The molecule has 9 aromatic carbocycles. The molecule has 0 saturated heterocycles. The fraction of sp³-hybridized carbons (Fsp3) is 0.106. The third-order valence-electron chi connectivity index (χ3n) is 13.0. The van der Waals surface area contributed by atoms with Crippen LogP contribution in [0, 0.1) is 0 Å². The standard InChI is InChI=1S/C66H54N4O2/c1-44(2)54-27-17-28-55(45(3)4)66(54)72-53-37-38-67-64(42-53)70-60-36-33-49(46-19-8-5-9-20-46)39-59(60)58-35-34-52(41-63(58)70)71-51-26-16-25-50(40-51)68-43-69(62-32-15-14-31-61(62)68)65-56(47-21-10-6-11-22-47)29-18-30-57(65)48-23-12-7-13-24-48/h5-42,44-45H,43H2,1-4H3/i5D,6D,7D,8D,9D,10D,11D,12D,13D,19D,20D,21D,22D,23D,24D. The summed E-state index contributed by atoms with van der Waals surface area (Å²) in [7, 11) is 0. The number of aromatic nitrogens is 2. The molecule has 0 fully saturated rings. The molecule has 6 nitrogen and oxygen atoms in total. The van der Waals surface area contributed by atoms with Crippen LogP contribution in [0.3, 0.4) is 0 Å². The Hall–Kier alpha value is -8.87. The van der Waals surface area contributed by atoms with E-state index in [1.165, 1.54) is 0 Å². The third-order valence-corrected chi connectivity index (χ3v) is 13.0. The highest BCUT2D eigenvalue weighted by atomic mass is 16.5. The second-order valence-electron chi connectivity index (χ2n) is 18.1. The van der Waals surface area contributed by atoms with E-state index in [0.29, 0.717) is 62.1 Å². The van der Waals surface area contributed by atoms with Crippen LogP contribution in [0.15, 0.2) is 230 Å². The van der Waals surface area contributed by atoms with Gasteiger partial charge in [-0.15, -0.1) is 0 Å². The molecule has 0 radical (unpaired) electrons. The Labute approximate surface area is 442 Å². The van der Waals surface area contributed by atoms with Gasteiger partial charge in [-0.25, -0.2) is 4.98 Å². The SMILES string of the molecule is [2H]c1c([2H])c([2H])c(-c2ccc3c(c2)c2ccc(Oc4cccc(N5CN(c6c(-c7c([2H])c([2H])c([2H])c([2H])c7[2H])cccc6-c6c([2H])c([2H])c([2H])c([2H])c6[2H])c6ccccc65)c4)cc2n3-c2cc(Oc3c(C(C)C)cccc3C(C)C)ccn2)c([2H])c1[2H]. The number of benzene rings is 9. The van der Waals surface area contributed by atoms with Crippen LogP contribution in [0.4, 0.5) is 22.7 Å². The summed E-state index contributed by atoms with van der Waals surface area (Å²) in [5.41, 5.74) is 6.28. The first-order chi connectivity index (χ1) is 41.6. The molecule has 3 heterocycles. The van der Waals surface area contributed by atoms with Crippen LogP contribution >= 0.6 is 0 Å². The lowest BCUT2D eigenvalue weighted by Gasteiger charge is -2.27. The van der Waals surface area contributed by atoms with Crippen molar-refractivity contribution in [3.05, 3.63) is 241 Å². The summed E-state index contributed by atoms with van der Waals surface area (Å²) in [6.45, 7) is 8.55. The lowest BCUT2D eigenvalue weighted by atomic mass is 9.94. The van der Waals surface area contributed by atoms with Gasteiger partial charge in [0.25, 0.3) is 0 Å². The Bertz CT molecular complexity index is 4480. The molecule has 72 heavy (non-hydrogen) atoms. The molecule has 0 amide bonds. The highest BCUT2D eigenvalue weighted by Crippen LogP contribution is 2.50. The molecule has 2 aromatic heterocycles. The van der Waals surface area contributed by atoms with E-state index >= 15 is 0 Å². The summed E-state index contributed by atoms with van der Waals surface area (Å²) >= 11 is 0. The Kier molecular flexibility index (Phi) is 8.01. The molecule has 0 bridgehead atoms. The monoisotopic (exact) mass is 950 g/mol. The number of pyridine rings is 1. The van der Waals surface area contributed by atoms with Gasteiger partial charge in [0.2, 0.25) is 0 Å². The predicted octanol–water partition coefficient (Wildman–Crippen LogP) is 18.3. The second kappa shape index (κ2) is 18.8. The van der Waals surface area contributed by atoms with E-state index in [4.69, 9.17) is 35.0 Å². The summed E-state index contributed by atoms with van der Waals surface area (Å²) in [6.07, 6.45) is 1.69. The number of para-hydroxylation sites is 4. The summed E-state index contributed by atoms with van der Waals surface area (Å²) in [6, 6.07) is 33.2. The van der Waals surface area contributed by atoms with E-state index in [1.54, 1.807) is 30.5 Å². The molecular formula is C66H54N4O2. The summed E-state index contributed by atoms with van der Waals surface area (Å²) in [5.74, 6) is 3.06. The van der Waals surface area contributed by atoms with Crippen molar-refractivity contribution in [1.82, 2.24) is 9.55 Å². The largest absolute Gasteiger partial charge is 0.457 e. The summed E-state index contributed by atoms with van der Waals surface area (Å²) in [5, 5.41) is 1.46. The second-order valence-corrected chi connectivity index (χ2v) is 18.1. The molecule has 1 aliphatic rings. The molecule has 12 rings (SSSR count). The average molecular weight is 950 g/mol. The van der Waals surface area contributed by atoms with Crippen LogP contribution in [-0.2, 0) is 0 Å². The van der Waals surface area contributed by atoms with Crippen molar-refractivity contribution < 1.29 is 30.0 Å². The van der Waals surface area contributed by atoms with Gasteiger partial charge in [0.1, 0.15) is 35.5 Å². The molecule has 0 unspecified atom stereocenters. The van der Waals surface area contributed by atoms with Gasteiger partial charge in [-0.2, -0.15) is 0 Å². The van der Waals surface area contributed by atoms with Gasteiger partial charge in [-0.3, -0.25) is 4.57 Å². The fourth-order valence-electron chi connectivity index (χ4n) is 9.65. The van der Waals surface area contributed by atoms with Gasteiger partial charge in [-0.05, 0) is 99.8 Å². The lowest BCUT2D eigenvalue weighted by molar-refractivity contribution is 0.462. The van der Waals surface area contributed by atoms with E-state index in [2.05, 4.69) is 45.9 Å². The maximum absolute atomic E-state index is 9.10. The summed E-state index contributed by atoms with van der Waals surface area (Å²) in [4.78, 5) is 8.74. The molecule has 0 spiro atoms. The van der Waals surface area contributed by atoms with Crippen LogP contribution in [0.2, 0.25) is 0 Å². The van der Waals surface area contributed by atoms with Crippen LogP contribution in [0.5, 0.6) is 23.0 Å². The normalized spacial score (nSPS) is 15.2. The average Bonchev–Trinajstić information content (AvgIpc) is 1.75. The van der Waals surface area contributed by atoms with Crippen LogP contribution in [0.1, 0.15) is 71.2 Å². The van der Waals surface area contributed by atoms with Gasteiger partial charge in [0.05, 0.1) is 48.7 Å². The van der Waals surface area contributed by atoms with E-state index in [-0.39, 0.29) is 64.1 Å². The third kappa shape index (κ3) is 8.20. The van der Waals surface area contributed by atoms with Gasteiger partial charge in [0.15, 0.2) is 0 Å². The molecular weight excluding hydrogens is 881 g/mol. The Morgan fingerprint density at radius 2 is 1.07 bits per heavy atom. The topological polar surface area (TPSA) is 42.8 Å². The van der Waals surface area contributed by atoms with Crippen molar-refractivity contribution >= 4 is 44.6 Å². The molecule has 0 atom stereocenters. The maximum atomic E-state index is 9.10. The number of rotatable bonds is 12. The number of hydrogen-bond donors (Lipinski definition) is 0. The van der Waals surface area contributed by atoms with Crippen molar-refractivity contribution in [2.24, 2.45) is 0 Å². The first-order valence-electron chi connectivity index (χ1n) is 31.2. The number of ether oxygens (including phenoxy) is 2. The number of fused-ring (bicyclic) bond motifs is 4. The lowest BCUT2D eigenvalue weighted by Crippen LogP contribution is -2.24. The minimum Gasteiger partial charge on any atom is -0.457 e. The Morgan fingerprint density at radius 3 is 1.74 bits per heavy atom. The maximum Gasteiger partial charge on any atom is 0.141 e. The minimum absolute atomic E-state index is 0.0404. The van der Waals surface area contributed by atoms with Crippen molar-refractivity contribution in [2.45, 2.75) is 39.5 Å². The van der Waals surface area contributed by atoms with Crippen LogP contribution in [-0.4, -0.2) is 16.2 Å². The number of anilines is 4. The quantitative estimate of drug-likeness (QED) is 0.122. The van der Waals surface area contributed by atoms with Crippen LogP contribution < -0.4 is 19.3 Å². The zero-order valence-corrected chi connectivity index (χ0v) is 39.7. The predicted molar refractivity (Wildman–Crippen MR) is 298 cm³/mol. The summed E-state index contributed by atoms with van der Waals surface area (Å²) < 4.78 is 146. The van der Waals surface area contributed by atoms with E-state index < -0.39 is 78.6 Å². The Balaban J connectivity index is 0.976. The fourth-order valence-corrected chi connectivity index (χ4v) is 9.65. The van der Waals surface area contributed by atoms with Gasteiger partial charge in [0, 0.05) is 52.0 Å². The molecule has 0 aliphatic carbocycles. The highest BCUT2D eigenvalue weighted by Gasteiger charge is 2.31. The van der Waals surface area contributed by atoms with Gasteiger partial charge in [-0.1, -0.05) is 179 Å². The zero-order chi connectivity index (χ0) is 61.8. The minimum atomic E-state index is -0.583. The number of nitrogens with zero attached hydrogens (tertiary/aromatic N) is 4. The first kappa shape index (κ1) is 30.7. The van der Waals surface area contributed by atoms with E-state index in [0.717, 1.165) is 22.3 Å².